The fourth-order valence-electron chi connectivity index (χ4n) is 1.69. The van der Waals surface area contributed by atoms with Crippen LogP contribution in [-0.2, 0) is 0 Å². The highest BCUT2D eigenvalue weighted by Crippen LogP contribution is 2.29. The topological polar surface area (TPSA) is 27.0 Å². The van der Waals surface area contributed by atoms with Crippen LogP contribution in [-0.4, -0.2) is 31.4 Å². The van der Waals surface area contributed by atoms with Crippen LogP contribution in [0.25, 0.3) is 0 Å². The normalized spacial score (nSPS) is 11.9. The molecule has 17 heavy (non-hydrogen) atoms. The second-order valence-electron chi connectivity index (χ2n) is 3.88. The summed E-state index contributed by atoms with van der Waals surface area (Å²) in [7, 11) is 2.06. The van der Waals surface area contributed by atoms with E-state index in [9.17, 15) is 5.26 Å². The van der Waals surface area contributed by atoms with Crippen molar-refractivity contribution in [2.24, 2.45) is 0 Å². The molecule has 1 unspecified atom stereocenters. The maximum atomic E-state index is 9.30. The van der Waals surface area contributed by atoms with Crippen LogP contribution in [0.5, 0.6) is 0 Å². The summed E-state index contributed by atoms with van der Waals surface area (Å²) in [6, 6.07) is 8.79. The van der Waals surface area contributed by atoms with Crippen LogP contribution in [0.15, 0.2) is 23.1 Å². The maximum absolute atomic E-state index is 9.30. The molecule has 92 valence electrons. The Morgan fingerprint density at radius 3 is 2.65 bits per heavy atom. The SMILES string of the molecule is CSCC(C)N(C)c1cccc(SC)c1C#N. The lowest BCUT2D eigenvalue weighted by molar-refractivity contribution is 0.763. The molecule has 0 saturated heterocycles. The van der Waals surface area contributed by atoms with Crippen molar-refractivity contribution in [3.8, 4) is 6.07 Å². The van der Waals surface area contributed by atoms with Gasteiger partial charge in [0.15, 0.2) is 0 Å². The second kappa shape index (κ2) is 6.83. The van der Waals surface area contributed by atoms with E-state index in [-0.39, 0.29) is 0 Å². The number of thioether (sulfide) groups is 2. The van der Waals surface area contributed by atoms with Crippen molar-refractivity contribution in [2.75, 3.05) is 30.2 Å². The zero-order valence-corrected chi connectivity index (χ0v) is 12.4. The van der Waals surface area contributed by atoms with Gasteiger partial charge in [0.1, 0.15) is 6.07 Å². The molecular weight excluding hydrogens is 248 g/mol. The predicted molar refractivity (Wildman–Crippen MR) is 79.2 cm³/mol. The summed E-state index contributed by atoms with van der Waals surface area (Å²) in [4.78, 5) is 3.24. The number of benzene rings is 1. The third kappa shape index (κ3) is 3.34. The molecule has 0 N–H and O–H groups in total. The quantitative estimate of drug-likeness (QED) is 0.763. The van der Waals surface area contributed by atoms with Crippen LogP contribution in [0.1, 0.15) is 12.5 Å². The molecule has 0 bridgehead atoms. The largest absolute Gasteiger partial charge is 0.370 e. The summed E-state index contributed by atoms with van der Waals surface area (Å²) in [5, 5.41) is 9.30. The lowest BCUT2D eigenvalue weighted by atomic mass is 10.1. The van der Waals surface area contributed by atoms with E-state index >= 15 is 0 Å². The molecule has 0 heterocycles. The Hall–Kier alpha value is -0.790. The number of rotatable bonds is 5. The molecule has 0 aliphatic carbocycles. The molecule has 1 rings (SSSR count). The Balaban J connectivity index is 3.09. The fourth-order valence-corrected chi connectivity index (χ4v) is 2.96. The van der Waals surface area contributed by atoms with Gasteiger partial charge >= 0.3 is 0 Å². The number of hydrogen-bond acceptors (Lipinski definition) is 4. The number of hydrogen-bond donors (Lipinski definition) is 0. The predicted octanol–water partition coefficient (Wildman–Crippen LogP) is 3.47. The van der Waals surface area contributed by atoms with Gasteiger partial charge in [-0.05, 0) is 31.6 Å². The van der Waals surface area contributed by atoms with E-state index in [4.69, 9.17) is 0 Å². The summed E-state index contributed by atoms with van der Waals surface area (Å²) in [6.07, 6.45) is 4.11. The Kier molecular flexibility index (Phi) is 5.73. The zero-order chi connectivity index (χ0) is 12.8. The molecule has 0 aliphatic heterocycles. The average Bonchev–Trinajstić information content (AvgIpc) is 2.36. The second-order valence-corrected chi connectivity index (χ2v) is 5.64. The molecule has 0 aliphatic rings. The Morgan fingerprint density at radius 1 is 1.41 bits per heavy atom. The monoisotopic (exact) mass is 266 g/mol. The van der Waals surface area contributed by atoms with Crippen LogP contribution >= 0.6 is 23.5 Å². The van der Waals surface area contributed by atoms with Gasteiger partial charge in [-0.3, -0.25) is 0 Å². The fraction of sp³-hybridized carbons (Fsp3) is 0.462. The summed E-state index contributed by atoms with van der Waals surface area (Å²) in [6.45, 7) is 2.18. The summed E-state index contributed by atoms with van der Waals surface area (Å²) < 4.78 is 0. The van der Waals surface area contributed by atoms with Crippen molar-refractivity contribution in [1.82, 2.24) is 0 Å². The molecule has 2 nitrogen and oxygen atoms in total. The third-order valence-corrected chi connectivity index (χ3v) is 4.38. The minimum absolute atomic E-state index is 0.425. The lowest BCUT2D eigenvalue weighted by Crippen LogP contribution is -2.31. The molecule has 1 aromatic rings. The molecule has 1 aromatic carbocycles. The minimum atomic E-state index is 0.425. The van der Waals surface area contributed by atoms with Crippen molar-refractivity contribution < 1.29 is 0 Å². The average molecular weight is 266 g/mol. The number of nitrogens with zero attached hydrogens (tertiary/aromatic N) is 2. The van der Waals surface area contributed by atoms with Crippen LogP contribution in [0.2, 0.25) is 0 Å². The minimum Gasteiger partial charge on any atom is -0.370 e. The van der Waals surface area contributed by atoms with Gasteiger partial charge in [-0.1, -0.05) is 6.07 Å². The van der Waals surface area contributed by atoms with E-state index < -0.39 is 0 Å². The molecule has 0 radical (unpaired) electrons. The van der Waals surface area contributed by atoms with Gasteiger partial charge in [-0.2, -0.15) is 17.0 Å². The molecule has 0 spiro atoms. The van der Waals surface area contributed by atoms with E-state index in [1.165, 1.54) is 0 Å². The molecule has 0 amide bonds. The lowest BCUT2D eigenvalue weighted by Gasteiger charge is -2.27. The molecule has 0 fully saturated rings. The molecule has 4 heteroatoms. The van der Waals surface area contributed by atoms with Crippen molar-refractivity contribution in [1.29, 1.82) is 5.26 Å². The molecule has 1 atom stereocenters. The van der Waals surface area contributed by atoms with Crippen LogP contribution in [0.4, 0.5) is 5.69 Å². The highest BCUT2D eigenvalue weighted by atomic mass is 32.2. The first kappa shape index (κ1) is 14.3. The van der Waals surface area contributed by atoms with Crippen molar-refractivity contribution >= 4 is 29.2 Å². The number of anilines is 1. The van der Waals surface area contributed by atoms with Gasteiger partial charge in [0.25, 0.3) is 0 Å². The van der Waals surface area contributed by atoms with Crippen molar-refractivity contribution in [3.63, 3.8) is 0 Å². The summed E-state index contributed by atoms with van der Waals surface area (Å²) in [5.41, 5.74) is 1.82. The Labute approximate surface area is 112 Å². The number of nitriles is 1. The van der Waals surface area contributed by atoms with Crippen LogP contribution < -0.4 is 4.90 Å². The van der Waals surface area contributed by atoms with Gasteiger partial charge < -0.3 is 4.90 Å². The highest BCUT2D eigenvalue weighted by molar-refractivity contribution is 7.98. The molecule has 0 aromatic heterocycles. The van der Waals surface area contributed by atoms with Gasteiger partial charge in [0.05, 0.1) is 11.3 Å². The Bertz CT molecular complexity index is 412. The van der Waals surface area contributed by atoms with Crippen molar-refractivity contribution in [3.05, 3.63) is 23.8 Å². The Morgan fingerprint density at radius 2 is 2.12 bits per heavy atom. The van der Waals surface area contributed by atoms with Crippen molar-refractivity contribution in [2.45, 2.75) is 17.9 Å². The highest BCUT2D eigenvalue weighted by Gasteiger charge is 2.15. The van der Waals surface area contributed by atoms with Gasteiger partial charge in [0.2, 0.25) is 0 Å². The standard InChI is InChI=1S/C13H18N2S2/c1-10(9-16-3)15(2)12-6-5-7-13(17-4)11(12)8-14/h5-7,10H,9H2,1-4H3. The van der Waals surface area contributed by atoms with Gasteiger partial charge in [0, 0.05) is 23.7 Å². The first-order valence-corrected chi connectivity index (χ1v) is 8.06. The van der Waals surface area contributed by atoms with Gasteiger partial charge in [-0.25, -0.2) is 0 Å². The zero-order valence-electron chi connectivity index (χ0n) is 10.7. The van der Waals surface area contributed by atoms with Crippen LogP contribution in [0, 0.1) is 11.3 Å². The van der Waals surface area contributed by atoms with E-state index in [2.05, 4.69) is 31.2 Å². The van der Waals surface area contributed by atoms with E-state index in [0.717, 1.165) is 21.9 Å². The third-order valence-electron chi connectivity index (χ3n) is 2.78. The smallest absolute Gasteiger partial charge is 0.103 e. The van der Waals surface area contributed by atoms with Gasteiger partial charge in [-0.15, -0.1) is 11.8 Å². The summed E-state index contributed by atoms with van der Waals surface area (Å²) in [5.74, 6) is 1.06. The molecular formula is C13H18N2S2. The first-order valence-electron chi connectivity index (χ1n) is 5.44. The maximum Gasteiger partial charge on any atom is 0.103 e. The first-order chi connectivity index (χ1) is 8.15. The molecule has 0 saturated carbocycles. The van der Waals surface area contributed by atoms with E-state index in [1.54, 1.807) is 11.8 Å². The van der Waals surface area contributed by atoms with E-state index in [1.807, 2.05) is 36.2 Å². The van der Waals surface area contributed by atoms with E-state index in [0.29, 0.717) is 6.04 Å². The van der Waals surface area contributed by atoms with Crippen LogP contribution in [0.3, 0.4) is 0 Å². The summed E-state index contributed by atoms with van der Waals surface area (Å²) >= 11 is 3.45.